The van der Waals surface area contributed by atoms with Crippen molar-refractivity contribution < 1.29 is 23.7 Å². The van der Waals surface area contributed by atoms with E-state index in [0.29, 0.717) is 46.2 Å². The van der Waals surface area contributed by atoms with E-state index in [2.05, 4.69) is 50.2 Å². The lowest BCUT2D eigenvalue weighted by atomic mass is 9.97. The van der Waals surface area contributed by atoms with Crippen LogP contribution >= 0.6 is 56.5 Å². The Bertz CT molecular complexity index is 1580. The van der Waals surface area contributed by atoms with Crippen LogP contribution in [0.15, 0.2) is 51.9 Å². The van der Waals surface area contributed by atoms with E-state index in [1.165, 1.54) is 29.2 Å². The number of aromatic nitrogens is 1. The maximum absolute atomic E-state index is 13.9. The number of benzene rings is 2. The molecule has 3 aromatic rings. The molecule has 4 rings (SSSR count). The van der Waals surface area contributed by atoms with Gasteiger partial charge in [-0.15, -0.1) is 0 Å². The van der Waals surface area contributed by atoms with E-state index in [1.807, 2.05) is 45.0 Å². The maximum atomic E-state index is 13.9. The summed E-state index contributed by atoms with van der Waals surface area (Å²) in [6.45, 7) is 7.11. The summed E-state index contributed by atoms with van der Waals surface area (Å²) in [5, 5.41) is 0. The molecular formula is C27H26I2N2O6S. The molecule has 0 spiro atoms. The summed E-state index contributed by atoms with van der Waals surface area (Å²) in [4.78, 5) is 31.6. The first kappa shape index (κ1) is 28.6. The quantitative estimate of drug-likeness (QED) is 0.237. The lowest BCUT2D eigenvalue weighted by Crippen LogP contribution is -2.39. The van der Waals surface area contributed by atoms with Crippen molar-refractivity contribution in [2.24, 2.45) is 4.99 Å². The molecule has 1 aliphatic heterocycles. The largest absolute Gasteiger partial charge is 0.492 e. The summed E-state index contributed by atoms with van der Waals surface area (Å²) in [7, 11) is 1.31. The van der Waals surface area contributed by atoms with Gasteiger partial charge in [-0.1, -0.05) is 17.4 Å². The number of ether oxygens (including phenoxy) is 4. The third-order valence-corrected chi connectivity index (χ3v) is 8.04. The van der Waals surface area contributed by atoms with Gasteiger partial charge in [0.1, 0.15) is 5.75 Å². The molecule has 1 aliphatic rings. The minimum Gasteiger partial charge on any atom is -0.492 e. The van der Waals surface area contributed by atoms with E-state index in [-0.39, 0.29) is 11.1 Å². The number of thiazole rings is 1. The Morgan fingerprint density at radius 3 is 2.45 bits per heavy atom. The van der Waals surface area contributed by atoms with Crippen LogP contribution < -0.4 is 29.1 Å². The first-order chi connectivity index (χ1) is 18.3. The molecule has 0 saturated heterocycles. The van der Waals surface area contributed by atoms with Crippen LogP contribution in [0.2, 0.25) is 0 Å². The molecule has 0 bridgehead atoms. The first-order valence-electron chi connectivity index (χ1n) is 11.9. The first-order valence-corrected chi connectivity index (χ1v) is 14.9. The summed E-state index contributed by atoms with van der Waals surface area (Å²) < 4.78 is 26.5. The fraction of sp³-hybridized carbons (Fsp3) is 0.296. The van der Waals surface area contributed by atoms with Gasteiger partial charge in [-0.2, -0.15) is 0 Å². The minimum absolute atomic E-state index is 0.247. The molecule has 0 amide bonds. The number of carbonyl (C=O) groups excluding carboxylic acids is 1. The molecule has 1 aromatic heterocycles. The Balaban J connectivity index is 1.94. The molecule has 200 valence electrons. The van der Waals surface area contributed by atoms with Crippen molar-refractivity contribution >= 4 is 68.6 Å². The summed E-state index contributed by atoms with van der Waals surface area (Å²) >= 11 is 5.74. The van der Waals surface area contributed by atoms with E-state index in [0.717, 1.165) is 18.5 Å². The van der Waals surface area contributed by atoms with E-state index < -0.39 is 12.0 Å². The van der Waals surface area contributed by atoms with Crippen molar-refractivity contribution in [2.45, 2.75) is 26.8 Å². The lowest BCUT2D eigenvalue weighted by Gasteiger charge is -2.23. The van der Waals surface area contributed by atoms with Crippen LogP contribution in [-0.4, -0.2) is 37.5 Å². The number of methoxy groups -OCH3 is 1. The number of hydrogen-bond donors (Lipinski definition) is 0. The predicted molar refractivity (Wildman–Crippen MR) is 163 cm³/mol. The SMILES string of the molecule is CCOc1ccc([C@H]2C(C(=O)OC)=CN=c3s/c(=C/c4cc(I)cc(I)c4OCC)c(=O)n32)cc1OCC. The van der Waals surface area contributed by atoms with Gasteiger partial charge in [0, 0.05) is 15.3 Å². The molecule has 0 unspecified atom stereocenters. The maximum Gasteiger partial charge on any atom is 0.337 e. The number of hydrogen-bond acceptors (Lipinski definition) is 8. The number of carbonyl (C=O) groups is 1. The Kier molecular flexibility index (Phi) is 9.52. The van der Waals surface area contributed by atoms with Gasteiger partial charge in [0.2, 0.25) is 0 Å². The zero-order chi connectivity index (χ0) is 27.4. The van der Waals surface area contributed by atoms with E-state index in [1.54, 1.807) is 12.1 Å². The predicted octanol–water partition coefficient (Wildman–Crippen LogP) is 4.42. The zero-order valence-corrected chi connectivity index (χ0v) is 26.4. The summed E-state index contributed by atoms with van der Waals surface area (Å²) in [5.41, 5.74) is 1.46. The Morgan fingerprint density at radius 1 is 1.05 bits per heavy atom. The average Bonchev–Trinajstić information content (AvgIpc) is 3.21. The molecule has 2 aromatic carbocycles. The molecular weight excluding hydrogens is 734 g/mol. The smallest absolute Gasteiger partial charge is 0.337 e. The molecule has 1 atom stereocenters. The summed E-state index contributed by atoms with van der Waals surface area (Å²) in [6.07, 6.45) is 3.30. The van der Waals surface area contributed by atoms with Crippen LogP contribution in [0.1, 0.15) is 37.9 Å². The van der Waals surface area contributed by atoms with Gasteiger partial charge in [0.05, 0.1) is 46.6 Å². The lowest BCUT2D eigenvalue weighted by molar-refractivity contribution is -0.136. The summed E-state index contributed by atoms with van der Waals surface area (Å²) in [6, 6.07) is 8.66. The Morgan fingerprint density at radius 2 is 1.76 bits per heavy atom. The van der Waals surface area contributed by atoms with Gasteiger partial charge in [-0.3, -0.25) is 9.36 Å². The number of fused-ring (bicyclic) bond motifs is 1. The third-order valence-electron chi connectivity index (χ3n) is 5.62. The highest BCUT2D eigenvalue weighted by Crippen LogP contribution is 2.35. The third kappa shape index (κ3) is 5.78. The van der Waals surface area contributed by atoms with Crippen LogP contribution in [0.25, 0.3) is 6.08 Å². The molecule has 0 N–H and O–H groups in total. The molecule has 0 radical (unpaired) electrons. The second-order valence-corrected chi connectivity index (χ2v) is 11.4. The van der Waals surface area contributed by atoms with Gasteiger partial charge in [-0.05, 0) is 102 Å². The van der Waals surface area contributed by atoms with Gasteiger partial charge in [0.25, 0.3) is 5.56 Å². The van der Waals surface area contributed by atoms with Crippen LogP contribution in [0.3, 0.4) is 0 Å². The van der Waals surface area contributed by atoms with Crippen LogP contribution in [-0.2, 0) is 9.53 Å². The highest BCUT2D eigenvalue weighted by molar-refractivity contribution is 14.1. The van der Waals surface area contributed by atoms with Crippen LogP contribution in [0, 0.1) is 7.14 Å². The monoisotopic (exact) mass is 760 g/mol. The van der Waals surface area contributed by atoms with Gasteiger partial charge >= 0.3 is 5.97 Å². The van der Waals surface area contributed by atoms with Crippen molar-refractivity contribution in [3.05, 3.63) is 80.1 Å². The number of nitrogens with zero attached hydrogens (tertiary/aromatic N) is 2. The molecule has 11 heteroatoms. The van der Waals surface area contributed by atoms with Crippen molar-refractivity contribution in [1.82, 2.24) is 4.57 Å². The normalized spacial score (nSPS) is 14.8. The van der Waals surface area contributed by atoms with Crippen molar-refractivity contribution in [3.8, 4) is 17.2 Å². The van der Waals surface area contributed by atoms with Crippen molar-refractivity contribution in [3.63, 3.8) is 0 Å². The second-order valence-electron chi connectivity index (χ2n) is 7.99. The highest BCUT2D eigenvalue weighted by atomic mass is 127. The molecule has 8 nitrogen and oxygen atoms in total. The standard InChI is InChI=1S/C27H26I2N2O6S/c1-5-35-20-9-8-15(11-21(20)36-6-2)23-18(26(33)34-4)14-30-27-31(23)25(32)22(38-27)12-16-10-17(28)13-19(29)24(16)37-7-3/h8-14,23H,5-7H2,1-4H3/b22-12+/t23-/m0/s1. The molecule has 0 saturated carbocycles. The molecule has 0 fully saturated rings. The van der Waals surface area contributed by atoms with E-state index in [9.17, 15) is 9.59 Å². The van der Waals surface area contributed by atoms with Crippen molar-refractivity contribution in [1.29, 1.82) is 0 Å². The fourth-order valence-corrected chi connectivity index (χ4v) is 7.12. The molecule has 38 heavy (non-hydrogen) atoms. The zero-order valence-electron chi connectivity index (χ0n) is 21.2. The second kappa shape index (κ2) is 12.6. The fourth-order valence-electron chi connectivity index (χ4n) is 4.11. The van der Waals surface area contributed by atoms with Crippen LogP contribution in [0.4, 0.5) is 0 Å². The number of rotatable bonds is 9. The van der Waals surface area contributed by atoms with E-state index in [4.69, 9.17) is 18.9 Å². The minimum atomic E-state index is -0.752. The Labute approximate surface area is 251 Å². The molecule has 0 aliphatic carbocycles. The Hall–Kier alpha value is -2.39. The molecule has 2 heterocycles. The summed E-state index contributed by atoms with van der Waals surface area (Å²) in [5.74, 6) is 1.28. The number of esters is 1. The number of halogens is 2. The topological polar surface area (TPSA) is 88.4 Å². The van der Waals surface area contributed by atoms with Gasteiger partial charge in [0.15, 0.2) is 16.3 Å². The van der Waals surface area contributed by atoms with Crippen molar-refractivity contribution in [2.75, 3.05) is 26.9 Å². The average molecular weight is 760 g/mol. The van der Waals surface area contributed by atoms with Gasteiger partial charge in [-0.25, -0.2) is 9.79 Å². The van der Waals surface area contributed by atoms with Crippen LogP contribution in [0.5, 0.6) is 17.2 Å². The highest BCUT2D eigenvalue weighted by Gasteiger charge is 2.31. The van der Waals surface area contributed by atoms with Gasteiger partial charge < -0.3 is 18.9 Å². The van der Waals surface area contributed by atoms with E-state index >= 15 is 0 Å².